The molecule has 4 rings (SSSR count). The Hall–Kier alpha value is -2.55. The molecule has 22 heavy (non-hydrogen) atoms. The highest BCUT2D eigenvalue weighted by Gasteiger charge is 2.44. The Kier molecular flexibility index (Phi) is 2.67. The molecule has 0 spiro atoms. The third-order valence-electron chi connectivity index (χ3n) is 3.83. The van der Waals surface area contributed by atoms with Crippen molar-refractivity contribution in [2.24, 2.45) is 4.99 Å². The molecule has 0 aromatic carbocycles. The number of hydrogen-bond donors (Lipinski definition) is 1. The Balaban J connectivity index is 1.86. The Bertz CT molecular complexity index is 913. The van der Waals surface area contributed by atoms with Crippen molar-refractivity contribution in [3.63, 3.8) is 0 Å². The number of hydrogen-bond acceptors (Lipinski definition) is 6. The van der Waals surface area contributed by atoms with Gasteiger partial charge >= 0.3 is 6.03 Å². The molecule has 8 nitrogen and oxygen atoms in total. The molecular formula is C13H13N5O3S. The molecule has 2 unspecified atom stereocenters. The van der Waals surface area contributed by atoms with Crippen molar-refractivity contribution in [1.29, 1.82) is 0 Å². The molecule has 4 heterocycles. The fourth-order valence-electron chi connectivity index (χ4n) is 2.63. The lowest BCUT2D eigenvalue weighted by atomic mass is 10.4. The molecular weight excluding hydrogens is 306 g/mol. The van der Waals surface area contributed by atoms with Gasteiger partial charge in [0.05, 0.1) is 6.26 Å². The van der Waals surface area contributed by atoms with Gasteiger partial charge in [0, 0.05) is 20.2 Å². The predicted octanol–water partition coefficient (Wildman–Crippen LogP) is -0.842. The minimum atomic E-state index is -0.353. The van der Waals surface area contributed by atoms with Crippen LogP contribution in [-0.4, -0.2) is 46.9 Å². The van der Waals surface area contributed by atoms with Gasteiger partial charge in [0.15, 0.2) is 12.3 Å². The van der Waals surface area contributed by atoms with Gasteiger partial charge < -0.3 is 14.2 Å². The number of nitrogens with one attached hydrogen (secondary N) is 1. The fourth-order valence-corrected chi connectivity index (χ4v) is 3.56. The largest absolute Gasteiger partial charge is 0.465 e. The van der Waals surface area contributed by atoms with Crippen LogP contribution in [0.3, 0.4) is 0 Å². The maximum Gasteiger partial charge on any atom is 0.323 e. The smallest absolute Gasteiger partial charge is 0.323 e. The number of urea groups is 1. The molecule has 0 aliphatic carbocycles. The molecule has 2 aromatic heterocycles. The predicted molar refractivity (Wildman–Crippen MR) is 79.5 cm³/mol. The van der Waals surface area contributed by atoms with Crippen molar-refractivity contribution in [1.82, 2.24) is 14.5 Å². The highest BCUT2D eigenvalue weighted by molar-refractivity contribution is 7.07. The summed E-state index contributed by atoms with van der Waals surface area (Å²) >= 11 is 1.26. The van der Waals surface area contributed by atoms with Crippen molar-refractivity contribution in [2.75, 3.05) is 19.5 Å². The lowest BCUT2D eigenvalue weighted by Gasteiger charge is -2.26. The molecule has 2 aromatic rings. The van der Waals surface area contributed by atoms with Gasteiger partial charge in [-0.3, -0.25) is 10.2 Å². The zero-order valence-corrected chi connectivity index (χ0v) is 12.7. The first-order chi connectivity index (χ1) is 10.6. The summed E-state index contributed by atoms with van der Waals surface area (Å²) in [4.78, 5) is 32.6. The molecule has 2 aliphatic rings. The van der Waals surface area contributed by atoms with Gasteiger partial charge in [0.1, 0.15) is 10.3 Å². The number of rotatable bonds is 1. The van der Waals surface area contributed by atoms with E-state index in [1.807, 2.05) is 0 Å². The number of fused-ring (bicyclic) bond motifs is 2. The van der Waals surface area contributed by atoms with E-state index < -0.39 is 0 Å². The van der Waals surface area contributed by atoms with Gasteiger partial charge in [0.25, 0.3) is 5.56 Å². The SMILES string of the molecule is CN1C(=O)N(C)C2Nn3c(s/c(=C\c4ccco4)c3=O)=NC21. The third-order valence-corrected chi connectivity index (χ3v) is 4.81. The Morgan fingerprint density at radius 3 is 2.91 bits per heavy atom. The maximum absolute atomic E-state index is 12.5. The average Bonchev–Trinajstić information content (AvgIpc) is 3.17. The summed E-state index contributed by atoms with van der Waals surface area (Å²) in [6.07, 6.45) is 2.55. The number of amides is 2. The minimum Gasteiger partial charge on any atom is -0.465 e. The van der Waals surface area contributed by atoms with Crippen LogP contribution in [0.1, 0.15) is 5.76 Å². The van der Waals surface area contributed by atoms with E-state index in [-0.39, 0.29) is 23.9 Å². The second-order valence-corrected chi connectivity index (χ2v) is 6.18. The zero-order chi connectivity index (χ0) is 15.4. The van der Waals surface area contributed by atoms with Gasteiger partial charge in [-0.2, -0.15) is 4.68 Å². The minimum absolute atomic E-state index is 0.128. The highest BCUT2D eigenvalue weighted by Crippen LogP contribution is 2.20. The van der Waals surface area contributed by atoms with E-state index in [2.05, 4.69) is 10.4 Å². The molecule has 1 fully saturated rings. The molecule has 0 bridgehead atoms. The Morgan fingerprint density at radius 2 is 2.18 bits per heavy atom. The number of nitrogens with zero attached hydrogens (tertiary/aromatic N) is 4. The van der Waals surface area contributed by atoms with Crippen molar-refractivity contribution >= 4 is 23.4 Å². The summed E-state index contributed by atoms with van der Waals surface area (Å²) in [5, 5.41) is 0. The summed E-state index contributed by atoms with van der Waals surface area (Å²) in [5.41, 5.74) is 2.87. The standard InChI is InChI=1S/C13H13N5O3S/c1-16-9-10(17(2)13(16)20)15-18-11(19)8(22-12(18)14-9)6-7-4-3-5-21-7/h3-6,9-10,15H,1-2H3/b8-6-. The van der Waals surface area contributed by atoms with Gasteiger partial charge in [-0.25, -0.2) is 9.79 Å². The van der Waals surface area contributed by atoms with Crippen molar-refractivity contribution < 1.29 is 9.21 Å². The molecule has 0 radical (unpaired) electrons. The Labute approximate surface area is 128 Å². The van der Waals surface area contributed by atoms with Crippen LogP contribution in [0.25, 0.3) is 6.08 Å². The van der Waals surface area contributed by atoms with E-state index in [0.717, 1.165) is 0 Å². The number of likely N-dealkylation sites (N-methyl/N-ethyl adjacent to an activating group) is 2. The van der Waals surface area contributed by atoms with Gasteiger partial charge in [-0.05, 0) is 12.1 Å². The van der Waals surface area contributed by atoms with Crippen molar-refractivity contribution in [2.45, 2.75) is 12.3 Å². The molecule has 2 amide bonds. The van der Waals surface area contributed by atoms with E-state index in [4.69, 9.17) is 4.42 Å². The van der Waals surface area contributed by atoms with Crippen LogP contribution >= 0.6 is 11.3 Å². The van der Waals surface area contributed by atoms with E-state index >= 15 is 0 Å². The zero-order valence-electron chi connectivity index (χ0n) is 11.9. The van der Waals surface area contributed by atoms with Crippen LogP contribution in [0.15, 0.2) is 32.6 Å². The fraction of sp³-hybridized carbons (Fsp3) is 0.308. The second kappa shape index (κ2) is 4.47. The van der Waals surface area contributed by atoms with Crippen LogP contribution in [0.5, 0.6) is 0 Å². The Morgan fingerprint density at radius 1 is 1.36 bits per heavy atom. The summed E-state index contributed by atoms with van der Waals surface area (Å²) in [7, 11) is 3.39. The van der Waals surface area contributed by atoms with Gasteiger partial charge in [-0.15, -0.1) is 0 Å². The molecule has 1 saturated heterocycles. The lowest BCUT2D eigenvalue weighted by Crippen LogP contribution is -2.54. The average molecular weight is 319 g/mol. The second-order valence-electron chi connectivity index (χ2n) is 5.17. The first kappa shape index (κ1) is 13.1. The number of carbonyl (C=O) groups is 1. The summed E-state index contributed by atoms with van der Waals surface area (Å²) in [6, 6.07) is 3.42. The van der Waals surface area contributed by atoms with Crippen LogP contribution in [0.4, 0.5) is 4.79 Å². The number of thiazole rings is 1. The van der Waals surface area contributed by atoms with Gasteiger partial charge in [0.2, 0.25) is 4.80 Å². The molecule has 114 valence electrons. The monoisotopic (exact) mass is 319 g/mol. The molecule has 2 aliphatic heterocycles. The van der Waals surface area contributed by atoms with Crippen LogP contribution in [0, 0.1) is 0 Å². The van der Waals surface area contributed by atoms with Crippen LogP contribution in [-0.2, 0) is 0 Å². The number of carbonyl (C=O) groups excluding carboxylic acids is 1. The summed E-state index contributed by atoms with van der Waals surface area (Å²) < 4.78 is 7.16. The molecule has 0 saturated carbocycles. The van der Waals surface area contributed by atoms with E-state index in [0.29, 0.717) is 15.1 Å². The highest BCUT2D eigenvalue weighted by atomic mass is 32.1. The lowest BCUT2D eigenvalue weighted by molar-refractivity contribution is 0.200. The quantitative estimate of drug-likeness (QED) is 0.743. The number of furan rings is 1. The maximum atomic E-state index is 12.5. The third kappa shape index (κ3) is 1.72. The molecule has 2 atom stereocenters. The topological polar surface area (TPSA) is 83.1 Å². The van der Waals surface area contributed by atoms with E-state index in [1.165, 1.54) is 20.9 Å². The summed E-state index contributed by atoms with van der Waals surface area (Å²) in [5.74, 6) is 0.612. The normalized spacial score (nSPS) is 24.1. The number of aromatic nitrogens is 1. The summed E-state index contributed by atoms with van der Waals surface area (Å²) in [6.45, 7) is 0. The van der Waals surface area contributed by atoms with Crippen molar-refractivity contribution in [3.05, 3.63) is 43.8 Å². The van der Waals surface area contributed by atoms with Gasteiger partial charge in [-0.1, -0.05) is 11.3 Å². The van der Waals surface area contributed by atoms with E-state index in [9.17, 15) is 9.59 Å². The molecule has 1 N–H and O–H groups in total. The van der Waals surface area contributed by atoms with Crippen molar-refractivity contribution in [3.8, 4) is 0 Å². The first-order valence-corrected chi connectivity index (χ1v) is 7.49. The molecule has 9 heteroatoms. The van der Waals surface area contributed by atoms with Crippen LogP contribution < -0.4 is 20.3 Å². The van der Waals surface area contributed by atoms with Crippen LogP contribution in [0.2, 0.25) is 0 Å². The first-order valence-electron chi connectivity index (χ1n) is 6.67. The van der Waals surface area contributed by atoms with E-state index in [1.54, 1.807) is 43.5 Å².